The lowest BCUT2D eigenvalue weighted by molar-refractivity contribution is -0.143. The number of nitrogens with one attached hydrogen (secondary N) is 1. The van der Waals surface area contributed by atoms with Crippen molar-refractivity contribution in [2.24, 2.45) is 0 Å². The minimum Gasteiger partial charge on any atom is -0.466 e. The second kappa shape index (κ2) is 10.2. The number of carbonyl (C=O) groups is 2. The number of Topliss-reactive ketones (excluding diaryl/α,β-unsaturated/α-hetero) is 1. The fraction of sp³-hybridized carbons (Fsp3) is 0.579. The van der Waals surface area contributed by atoms with Crippen LogP contribution < -0.4 is 5.32 Å². The van der Waals surface area contributed by atoms with Gasteiger partial charge in [0, 0.05) is 5.56 Å². The topological polar surface area (TPSA) is 55.4 Å². The van der Waals surface area contributed by atoms with E-state index in [1.54, 1.807) is 6.92 Å². The first kappa shape index (κ1) is 19.4. The summed E-state index contributed by atoms with van der Waals surface area (Å²) in [6, 6.07) is 5.15. The highest BCUT2D eigenvalue weighted by atomic mass is 16.5. The zero-order chi connectivity index (χ0) is 17.2. The predicted octanol–water partition coefficient (Wildman–Crippen LogP) is 3.59. The Bertz CT molecular complexity index is 525. The third kappa shape index (κ3) is 6.53. The van der Waals surface area contributed by atoms with Gasteiger partial charge in [-0.3, -0.25) is 9.59 Å². The van der Waals surface area contributed by atoms with E-state index in [1.807, 2.05) is 32.0 Å². The molecule has 23 heavy (non-hydrogen) atoms. The van der Waals surface area contributed by atoms with Gasteiger partial charge in [0.15, 0.2) is 5.78 Å². The normalized spacial score (nSPS) is 12.0. The Labute approximate surface area is 139 Å². The summed E-state index contributed by atoms with van der Waals surface area (Å²) >= 11 is 0. The van der Waals surface area contributed by atoms with Crippen molar-refractivity contribution in [1.82, 2.24) is 5.32 Å². The molecule has 0 radical (unpaired) electrons. The van der Waals surface area contributed by atoms with Crippen LogP contribution in [0.2, 0.25) is 0 Å². The third-order valence-electron chi connectivity index (χ3n) is 3.96. The number of ketones is 1. The minimum atomic E-state index is -0.520. The van der Waals surface area contributed by atoms with Crippen molar-refractivity contribution in [2.45, 2.75) is 59.4 Å². The first-order valence-electron chi connectivity index (χ1n) is 8.50. The second-order valence-electron chi connectivity index (χ2n) is 5.89. The van der Waals surface area contributed by atoms with E-state index in [4.69, 9.17) is 4.74 Å². The summed E-state index contributed by atoms with van der Waals surface area (Å²) in [6.45, 7) is 8.97. The van der Waals surface area contributed by atoms with Crippen molar-refractivity contribution in [3.63, 3.8) is 0 Å². The molecule has 0 bridgehead atoms. The molecule has 4 nitrogen and oxygen atoms in total. The molecule has 0 aromatic heterocycles. The molecule has 1 atom stereocenters. The Morgan fingerprint density at radius 1 is 1.13 bits per heavy atom. The van der Waals surface area contributed by atoms with Gasteiger partial charge < -0.3 is 10.1 Å². The summed E-state index contributed by atoms with van der Waals surface area (Å²) in [4.78, 5) is 24.5. The van der Waals surface area contributed by atoms with Crippen LogP contribution >= 0.6 is 0 Å². The molecule has 0 saturated heterocycles. The molecule has 1 rings (SSSR count). The van der Waals surface area contributed by atoms with Crippen molar-refractivity contribution in [3.8, 4) is 0 Å². The number of hydrogen-bond donors (Lipinski definition) is 1. The molecule has 1 aromatic carbocycles. The summed E-state index contributed by atoms with van der Waals surface area (Å²) in [5, 5.41) is 3.23. The van der Waals surface area contributed by atoms with E-state index >= 15 is 0 Å². The number of carbonyl (C=O) groups excluding carboxylic acids is 2. The van der Waals surface area contributed by atoms with E-state index in [0.717, 1.165) is 36.9 Å². The van der Waals surface area contributed by atoms with Crippen LogP contribution in [0.15, 0.2) is 18.2 Å². The van der Waals surface area contributed by atoms with Crippen LogP contribution in [0.25, 0.3) is 0 Å². The van der Waals surface area contributed by atoms with Crippen LogP contribution in [0.3, 0.4) is 0 Å². The monoisotopic (exact) mass is 319 g/mol. The molecule has 0 aliphatic heterocycles. The van der Waals surface area contributed by atoms with E-state index in [-0.39, 0.29) is 18.2 Å². The molecule has 1 aromatic rings. The van der Waals surface area contributed by atoms with Gasteiger partial charge in [0.1, 0.15) is 0 Å². The highest BCUT2D eigenvalue weighted by Crippen LogP contribution is 2.13. The Morgan fingerprint density at radius 3 is 2.48 bits per heavy atom. The van der Waals surface area contributed by atoms with Gasteiger partial charge in [-0.05, 0) is 50.9 Å². The highest BCUT2D eigenvalue weighted by molar-refractivity contribution is 6.02. The van der Waals surface area contributed by atoms with E-state index < -0.39 is 6.04 Å². The first-order chi connectivity index (χ1) is 11.0. The smallest absolute Gasteiger partial charge is 0.307 e. The summed E-state index contributed by atoms with van der Waals surface area (Å²) in [6.07, 6.45) is 3.30. The third-order valence-corrected chi connectivity index (χ3v) is 3.96. The van der Waals surface area contributed by atoms with Gasteiger partial charge in [-0.15, -0.1) is 0 Å². The molecule has 128 valence electrons. The highest BCUT2D eigenvalue weighted by Gasteiger charge is 2.23. The zero-order valence-corrected chi connectivity index (χ0v) is 14.8. The lowest BCUT2D eigenvalue weighted by Gasteiger charge is -2.17. The summed E-state index contributed by atoms with van der Waals surface area (Å²) in [5.74, 6) is -0.379. The second-order valence-corrected chi connectivity index (χ2v) is 5.89. The van der Waals surface area contributed by atoms with Crippen molar-refractivity contribution in [1.29, 1.82) is 0 Å². The molecule has 0 amide bonds. The fourth-order valence-corrected chi connectivity index (χ4v) is 2.39. The van der Waals surface area contributed by atoms with Gasteiger partial charge in [-0.1, -0.05) is 31.9 Å². The fourth-order valence-electron chi connectivity index (χ4n) is 2.39. The number of benzene rings is 1. The van der Waals surface area contributed by atoms with E-state index in [2.05, 4.69) is 12.2 Å². The number of unbranched alkanes of at least 4 members (excludes halogenated alkanes) is 2. The largest absolute Gasteiger partial charge is 0.466 e. The van der Waals surface area contributed by atoms with E-state index in [0.29, 0.717) is 12.2 Å². The lowest BCUT2D eigenvalue weighted by atomic mass is 9.98. The molecule has 0 aliphatic carbocycles. The number of ether oxygens (including phenoxy) is 1. The van der Waals surface area contributed by atoms with Gasteiger partial charge in [-0.25, -0.2) is 0 Å². The molecule has 0 aliphatic rings. The Kier molecular flexibility index (Phi) is 8.56. The quantitative estimate of drug-likeness (QED) is 0.407. The molecule has 4 heteroatoms. The molecule has 1 unspecified atom stereocenters. The van der Waals surface area contributed by atoms with Crippen molar-refractivity contribution in [3.05, 3.63) is 34.9 Å². The molecule has 0 heterocycles. The van der Waals surface area contributed by atoms with Crippen LogP contribution in [-0.4, -0.2) is 30.9 Å². The van der Waals surface area contributed by atoms with Gasteiger partial charge in [0.25, 0.3) is 0 Å². The average molecular weight is 319 g/mol. The summed E-state index contributed by atoms with van der Waals surface area (Å²) in [7, 11) is 0. The van der Waals surface area contributed by atoms with Crippen LogP contribution in [0, 0.1) is 13.8 Å². The molecule has 0 saturated carbocycles. The van der Waals surface area contributed by atoms with Crippen molar-refractivity contribution in [2.75, 3.05) is 13.2 Å². The van der Waals surface area contributed by atoms with Gasteiger partial charge in [0.05, 0.1) is 19.1 Å². The van der Waals surface area contributed by atoms with Gasteiger partial charge in [-0.2, -0.15) is 0 Å². The maximum Gasteiger partial charge on any atom is 0.307 e. The predicted molar refractivity (Wildman–Crippen MR) is 92.8 cm³/mol. The number of hydrogen-bond acceptors (Lipinski definition) is 4. The van der Waals surface area contributed by atoms with Crippen LogP contribution in [0.4, 0.5) is 0 Å². The Morgan fingerprint density at radius 2 is 1.87 bits per heavy atom. The average Bonchev–Trinajstić information content (AvgIpc) is 2.52. The van der Waals surface area contributed by atoms with E-state index in [9.17, 15) is 9.59 Å². The zero-order valence-electron chi connectivity index (χ0n) is 14.8. The molecular weight excluding hydrogens is 290 g/mol. The van der Waals surface area contributed by atoms with Gasteiger partial charge in [0.2, 0.25) is 0 Å². The standard InChI is InChI=1S/C19H29NO3/c1-5-7-8-11-20-17(13-18(21)23-6-2)19(22)16-10-9-14(3)15(4)12-16/h9-10,12,17,20H,5-8,11,13H2,1-4H3. The Hall–Kier alpha value is -1.68. The first-order valence-corrected chi connectivity index (χ1v) is 8.50. The Balaban J connectivity index is 2.80. The van der Waals surface area contributed by atoms with Crippen molar-refractivity contribution >= 4 is 11.8 Å². The van der Waals surface area contributed by atoms with Crippen LogP contribution in [0.5, 0.6) is 0 Å². The molecule has 1 N–H and O–H groups in total. The van der Waals surface area contributed by atoms with Crippen LogP contribution in [0.1, 0.15) is 61.0 Å². The molecule has 0 fully saturated rings. The van der Waals surface area contributed by atoms with Crippen molar-refractivity contribution < 1.29 is 14.3 Å². The lowest BCUT2D eigenvalue weighted by Crippen LogP contribution is -2.39. The molecular formula is C19H29NO3. The van der Waals surface area contributed by atoms with Crippen LogP contribution in [-0.2, 0) is 9.53 Å². The number of esters is 1. The number of aryl methyl sites for hydroxylation is 2. The van der Waals surface area contributed by atoms with E-state index in [1.165, 1.54) is 0 Å². The van der Waals surface area contributed by atoms with Gasteiger partial charge >= 0.3 is 5.97 Å². The summed E-state index contributed by atoms with van der Waals surface area (Å²) in [5.41, 5.74) is 2.88. The number of rotatable bonds is 10. The maximum absolute atomic E-state index is 12.7. The molecule has 0 spiro atoms. The summed E-state index contributed by atoms with van der Waals surface area (Å²) < 4.78 is 5.00. The SMILES string of the molecule is CCCCCNC(CC(=O)OCC)C(=O)c1ccc(C)c(C)c1. The minimum absolute atomic E-state index is 0.0438. The maximum atomic E-state index is 12.7.